The third-order valence-electron chi connectivity index (χ3n) is 3.46. The van der Waals surface area contributed by atoms with E-state index in [4.69, 9.17) is 12.2 Å². The van der Waals surface area contributed by atoms with Gasteiger partial charge in [0.15, 0.2) is 4.77 Å². The van der Waals surface area contributed by atoms with Crippen molar-refractivity contribution in [2.24, 2.45) is 0 Å². The fraction of sp³-hybridized carbons (Fsp3) is 0.111. The second-order valence-corrected chi connectivity index (χ2v) is 6.65. The van der Waals surface area contributed by atoms with Gasteiger partial charge < -0.3 is 10.3 Å². The van der Waals surface area contributed by atoms with Crippen molar-refractivity contribution in [1.29, 1.82) is 0 Å². The zero-order valence-corrected chi connectivity index (χ0v) is 14.6. The Bertz CT molecular complexity index is 854. The molecule has 0 radical (unpaired) electrons. The molecular formula is C18H17N3OS2. The smallest absolute Gasteiger partial charge is 0.251 e. The lowest BCUT2D eigenvalue weighted by Crippen LogP contribution is -2.25. The van der Waals surface area contributed by atoms with Crippen LogP contribution in [0.15, 0.2) is 71.9 Å². The van der Waals surface area contributed by atoms with E-state index in [9.17, 15) is 4.79 Å². The monoisotopic (exact) mass is 355 g/mol. The highest BCUT2D eigenvalue weighted by molar-refractivity contribution is 7.99. The minimum atomic E-state index is -0.0622. The largest absolute Gasteiger partial charge is 0.351 e. The van der Waals surface area contributed by atoms with Crippen molar-refractivity contribution in [1.82, 2.24) is 14.9 Å². The Hall–Kier alpha value is -2.31. The predicted octanol–water partition coefficient (Wildman–Crippen LogP) is 4.06. The van der Waals surface area contributed by atoms with Gasteiger partial charge in [-0.3, -0.25) is 9.36 Å². The van der Waals surface area contributed by atoms with Crippen LogP contribution >= 0.6 is 24.0 Å². The van der Waals surface area contributed by atoms with Gasteiger partial charge in [-0.25, -0.2) is 0 Å². The number of amides is 1. The lowest BCUT2D eigenvalue weighted by molar-refractivity contribution is 0.0956. The van der Waals surface area contributed by atoms with E-state index < -0.39 is 0 Å². The van der Waals surface area contributed by atoms with E-state index in [1.807, 2.05) is 53.2 Å². The van der Waals surface area contributed by atoms with Crippen LogP contribution in [0, 0.1) is 4.77 Å². The van der Waals surface area contributed by atoms with Crippen molar-refractivity contribution >= 4 is 29.9 Å². The van der Waals surface area contributed by atoms with Crippen LogP contribution < -0.4 is 5.32 Å². The number of aromatic nitrogens is 2. The first-order chi connectivity index (χ1) is 11.7. The Kier molecular flexibility index (Phi) is 5.51. The zero-order valence-electron chi connectivity index (χ0n) is 12.9. The van der Waals surface area contributed by atoms with Gasteiger partial charge in [0, 0.05) is 40.8 Å². The minimum absolute atomic E-state index is 0.0622. The van der Waals surface area contributed by atoms with Crippen LogP contribution in [-0.2, 0) is 0 Å². The molecule has 1 heterocycles. The van der Waals surface area contributed by atoms with Crippen LogP contribution in [0.2, 0.25) is 0 Å². The van der Waals surface area contributed by atoms with Gasteiger partial charge in [0.2, 0.25) is 0 Å². The molecule has 122 valence electrons. The van der Waals surface area contributed by atoms with Crippen LogP contribution in [0.5, 0.6) is 0 Å². The standard InChI is InChI=1S/C18H17N3OS2/c22-17(19-11-13-24-16-4-2-1-3-5-16)14-6-8-15(9-7-14)21-12-10-20-18(21)23/h1-10,12H,11,13H2,(H,19,22)(H,20,23). The number of imidazole rings is 1. The maximum Gasteiger partial charge on any atom is 0.251 e. The molecule has 6 heteroatoms. The normalized spacial score (nSPS) is 10.5. The maximum atomic E-state index is 12.2. The first-order valence-corrected chi connectivity index (χ1v) is 8.96. The molecule has 0 aliphatic rings. The Morgan fingerprint density at radius 3 is 2.54 bits per heavy atom. The molecule has 3 rings (SSSR count). The van der Waals surface area contributed by atoms with Gasteiger partial charge in [0.05, 0.1) is 0 Å². The number of aromatic amines is 1. The van der Waals surface area contributed by atoms with Gasteiger partial charge in [-0.05, 0) is 48.6 Å². The van der Waals surface area contributed by atoms with Gasteiger partial charge in [-0.15, -0.1) is 11.8 Å². The summed E-state index contributed by atoms with van der Waals surface area (Å²) >= 11 is 6.92. The molecule has 2 aromatic carbocycles. The summed E-state index contributed by atoms with van der Waals surface area (Å²) in [4.78, 5) is 16.3. The number of thioether (sulfide) groups is 1. The summed E-state index contributed by atoms with van der Waals surface area (Å²) in [6, 6.07) is 17.5. The van der Waals surface area contributed by atoms with Gasteiger partial charge in [-0.2, -0.15) is 0 Å². The Labute approximate surface area is 149 Å². The first kappa shape index (κ1) is 16.5. The molecule has 0 spiro atoms. The molecular weight excluding hydrogens is 338 g/mol. The van der Waals surface area contributed by atoms with Gasteiger partial charge in [0.25, 0.3) is 5.91 Å². The summed E-state index contributed by atoms with van der Waals surface area (Å²) < 4.78 is 2.48. The molecule has 1 aromatic heterocycles. The highest BCUT2D eigenvalue weighted by Crippen LogP contribution is 2.16. The molecule has 1 amide bonds. The molecule has 0 bridgehead atoms. The minimum Gasteiger partial charge on any atom is -0.351 e. The highest BCUT2D eigenvalue weighted by Gasteiger charge is 2.05. The molecule has 3 aromatic rings. The summed E-state index contributed by atoms with van der Waals surface area (Å²) in [5.41, 5.74) is 1.57. The lowest BCUT2D eigenvalue weighted by atomic mass is 10.2. The number of benzene rings is 2. The van der Waals surface area contributed by atoms with E-state index in [0.717, 1.165) is 11.4 Å². The summed E-state index contributed by atoms with van der Waals surface area (Å²) in [6.45, 7) is 0.628. The van der Waals surface area contributed by atoms with E-state index in [1.54, 1.807) is 18.0 Å². The number of carbonyl (C=O) groups excluding carboxylic acids is 1. The van der Waals surface area contributed by atoms with Crippen molar-refractivity contribution in [2.75, 3.05) is 12.3 Å². The molecule has 0 saturated heterocycles. The fourth-order valence-corrected chi connectivity index (χ4v) is 3.27. The lowest BCUT2D eigenvalue weighted by Gasteiger charge is -2.07. The van der Waals surface area contributed by atoms with E-state index in [0.29, 0.717) is 16.9 Å². The second-order valence-electron chi connectivity index (χ2n) is 5.10. The van der Waals surface area contributed by atoms with Crippen LogP contribution in [0.25, 0.3) is 5.69 Å². The summed E-state index contributed by atoms with van der Waals surface area (Å²) in [6.07, 6.45) is 3.64. The van der Waals surface area contributed by atoms with E-state index >= 15 is 0 Å². The molecule has 0 aliphatic carbocycles. The average molecular weight is 355 g/mol. The number of hydrogen-bond donors (Lipinski definition) is 2. The fourth-order valence-electron chi connectivity index (χ4n) is 2.25. The Morgan fingerprint density at radius 2 is 1.88 bits per heavy atom. The Balaban J connectivity index is 1.52. The number of rotatable bonds is 6. The average Bonchev–Trinajstić information content (AvgIpc) is 3.05. The van der Waals surface area contributed by atoms with Crippen molar-refractivity contribution in [2.45, 2.75) is 4.90 Å². The van der Waals surface area contributed by atoms with Crippen molar-refractivity contribution in [3.8, 4) is 5.69 Å². The third-order valence-corrected chi connectivity index (χ3v) is 4.78. The number of H-pyrrole nitrogens is 1. The maximum absolute atomic E-state index is 12.2. The number of nitrogens with one attached hydrogen (secondary N) is 2. The van der Waals surface area contributed by atoms with Gasteiger partial charge >= 0.3 is 0 Å². The Morgan fingerprint density at radius 1 is 1.12 bits per heavy atom. The highest BCUT2D eigenvalue weighted by atomic mass is 32.2. The van der Waals surface area contributed by atoms with Gasteiger partial charge in [0.1, 0.15) is 0 Å². The third kappa shape index (κ3) is 4.15. The molecule has 0 atom stereocenters. The van der Waals surface area contributed by atoms with Crippen molar-refractivity contribution in [3.63, 3.8) is 0 Å². The second kappa shape index (κ2) is 7.99. The number of hydrogen-bond acceptors (Lipinski definition) is 3. The zero-order chi connectivity index (χ0) is 16.8. The number of carbonyl (C=O) groups is 1. The summed E-state index contributed by atoms with van der Waals surface area (Å²) in [7, 11) is 0. The van der Waals surface area contributed by atoms with Crippen molar-refractivity contribution < 1.29 is 4.79 Å². The van der Waals surface area contributed by atoms with Crippen LogP contribution in [-0.4, -0.2) is 27.8 Å². The van der Waals surface area contributed by atoms with Crippen molar-refractivity contribution in [3.05, 3.63) is 77.3 Å². The van der Waals surface area contributed by atoms with Crippen LogP contribution in [0.4, 0.5) is 0 Å². The SMILES string of the molecule is O=C(NCCSc1ccccc1)c1ccc(-n2cc[nH]c2=S)cc1. The molecule has 4 nitrogen and oxygen atoms in total. The predicted molar refractivity (Wildman–Crippen MR) is 100 cm³/mol. The molecule has 0 unspecified atom stereocenters. The summed E-state index contributed by atoms with van der Waals surface area (Å²) in [5.74, 6) is 0.777. The van der Waals surface area contributed by atoms with E-state index in [1.165, 1.54) is 4.90 Å². The van der Waals surface area contributed by atoms with E-state index in [-0.39, 0.29) is 5.91 Å². The van der Waals surface area contributed by atoms with Gasteiger partial charge in [-0.1, -0.05) is 18.2 Å². The summed E-state index contributed by atoms with van der Waals surface area (Å²) in [5, 5.41) is 2.94. The molecule has 0 saturated carbocycles. The van der Waals surface area contributed by atoms with E-state index in [2.05, 4.69) is 22.4 Å². The number of nitrogens with zero attached hydrogens (tertiary/aromatic N) is 1. The first-order valence-electron chi connectivity index (χ1n) is 7.56. The quantitative estimate of drug-likeness (QED) is 0.398. The van der Waals surface area contributed by atoms with Crippen LogP contribution in [0.1, 0.15) is 10.4 Å². The molecule has 0 aliphatic heterocycles. The molecule has 2 N–H and O–H groups in total. The molecule has 0 fully saturated rings. The van der Waals surface area contributed by atoms with Crippen LogP contribution in [0.3, 0.4) is 0 Å². The molecule has 24 heavy (non-hydrogen) atoms. The topological polar surface area (TPSA) is 49.8 Å².